The van der Waals surface area contributed by atoms with Crippen molar-refractivity contribution in [3.8, 4) is 11.4 Å². The molecule has 27 heavy (non-hydrogen) atoms. The van der Waals surface area contributed by atoms with Gasteiger partial charge in [-0.2, -0.15) is 0 Å². The van der Waals surface area contributed by atoms with Crippen LogP contribution in [0.4, 0.5) is 0 Å². The van der Waals surface area contributed by atoms with Crippen LogP contribution in [0.2, 0.25) is 5.02 Å². The van der Waals surface area contributed by atoms with Crippen molar-refractivity contribution in [1.82, 2.24) is 24.6 Å². The van der Waals surface area contributed by atoms with Crippen LogP contribution in [0.3, 0.4) is 0 Å². The fourth-order valence-electron chi connectivity index (χ4n) is 3.22. The van der Waals surface area contributed by atoms with Gasteiger partial charge in [0.15, 0.2) is 11.0 Å². The number of carbonyl (C=O) groups excluding carboxylic acids is 1. The molecular formula is C19H26ClN5OS. The quantitative estimate of drug-likeness (QED) is 0.688. The molecule has 1 aromatic carbocycles. The van der Waals surface area contributed by atoms with Crippen molar-refractivity contribution in [3.63, 3.8) is 0 Å². The lowest BCUT2D eigenvalue weighted by atomic mass is 10.2. The third-order valence-corrected chi connectivity index (χ3v) is 6.22. The van der Waals surface area contributed by atoms with E-state index in [-0.39, 0.29) is 11.2 Å². The number of halogens is 1. The lowest BCUT2D eigenvalue weighted by Crippen LogP contribution is -2.50. The van der Waals surface area contributed by atoms with E-state index in [1.807, 2.05) is 40.7 Å². The minimum atomic E-state index is -0.189. The average molecular weight is 408 g/mol. The molecule has 0 unspecified atom stereocenters. The predicted octanol–water partition coefficient (Wildman–Crippen LogP) is 3.26. The highest BCUT2D eigenvalue weighted by Gasteiger charge is 2.26. The Morgan fingerprint density at radius 3 is 2.37 bits per heavy atom. The molecule has 1 aliphatic rings. The Kier molecular flexibility index (Phi) is 6.78. The molecule has 1 aliphatic heterocycles. The molecule has 2 aromatic rings. The van der Waals surface area contributed by atoms with Crippen LogP contribution in [0.1, 0.15) is 20.8 Å². The van der Waals surface area contributed by atoms with Gasteiger partial charge < -0.3 is 14.4 Å². The summed E-state index contributed by atoms with van der Waals surface area (Å²) in [5.74, 6) is 0.974. The molecule has 8 heteroatoms. The Bertz CT molecular complexity index is 771. The fourth-order valence-corrected chi connectivity index (χ4v) is 4.35. The van der Waals surface area contributed by atoms with E-state index >= 15 is 0 Å². The Morgan fingerprint density at radius 2 is 1.78 bits per heavy atom. The first kappa shape index (κ1) is 20.2. The van der Waals surface area contributed by atoms with Crippen molar-refractivity contribution in [2.45, 2.75) is 37.7 Å². The molecule has 0 N–H and O–H groups in total. The van der Waals surface area contributed by atoms with Crippen molar-refractivity contribution in [3.05, 3.63) is 29.3 Å². The summed E-state index contributed by atoms with van der Waals surface area (Å²) in [7, 11) is 0. The number of likely N-dealkylation sites (N-methyl/N-ethyl adjacent to an activating group) is 1. The number of piperazine rings is 1. The fraction of sp³-hybridized carbons (Fsp3) is 0.526. The number of aromatic nitrogens is 3. The molecule has 1 aromatic heterocycles. The zero-order valence-electron chi connectivity index (χ0n) is 16.1. The van der Waals surface area contributed by atoms with Crippen molar-refractivity contribution < 1.29 is 4.79 Å². The Balaban J connectivity index is 1.70. The van der Waals surface area contributed by atoms with Crippen molar-refractivity contribution in [1.29, 1.82) is 0 Å². The van der Waals surface area contributed by atoms with Gasteiger partial charge in [-0.25, -0.2) is 0 Å². The lowest BCUT2D eigenvalue weighted by molar-refractivity contribution is -0.132. The number of hydrogen-bond donors (Lipinski definition) is 0. The highest BCUT2D eigenvalue weighted by atomic mass is 35.5. The second-order valence-electron chi connectivity index (χ2n) is 6.58. The Morgan fingerprint density at radius 1 is 1.11 bits per heavy atom. The van der Waals surface area contributed by atoms with Gasteiger partial charge in [0.25, 0.3) is 0 Å². The van der Waals surface area contributed by atoms with Gasteiger partial charge in [0.2, 0.25) is 5.91 Å². The summed E-state index contributed by atoms with van der Waals surface area (Å²) in [6.07, 6.45) is 0. The number of amides is 1. The summed E-state index contributed by atoms with van der Waals surface area (Å²) in [5.41, 5.74) is 0.968. The number of rotatable bonds is 6. The molecule has 0 bridgehead atoms. The SMILES string of the molecule is CCN1CCN(C(=O)[C@@H](C)Sc2nnc(-c3ccc(Cl)cc3)n2CC)CC1. The molecule has 1 fully saturated rings. The number of hydrogen-bond acceptors (Lipinski definition) is 5. The van der Waals surface area contributed by atoms with E-state index in [2.05, 4.69) is 28.9 Å². The summed E-state index contributed by atoms with van der Waals surface area (Å²) in [5, 5.41) is 9.97. The van der Waals surface area contributed by atoms with Gasteiger partial charge in [0.05, 0.1) is 5.25 Å². The van der Waals surface area contributed by atoms with Gasteiger partial charge >= 0.3 is 0 Å². The molecule has 0 radical (unpaired) electrons. The van der Waals surface area contributed by atoms with E-state index in [0.717, 1.165) is 55.8 Å². The van der Waals surface area contributed by atoms with E-state index in [9.17, 15) is 4.79 Å². The number of carbonyl (C=O) groups is 1. The molecular weight excluding hydrogens is 382 g/mol. The monoisotopic (exact) mass is 407 g/mol. The minimum absolute atomic E-state index is 0.175. The van der Waals surface area contributed by atoms with E-state index in [1.54, 1.807) is 0 Å². The topological polar surface area (TPSA) is 54.3 Å². The van der Waals surface area contributed by atoms with Gasteiger partial charge in [0.1, 0.15) is 0 Å². The lowest BCUT2D eigenvalue weighted by Gasteiger charge is -2.35. The zero-order chi connectivity index (χ0) is 19.4. The van der Waals surface area contributed by atoms with Crippen LogP contribution in [-0.4, -0.2) is 68.4 Å². The molecule has 0 saturated carbocycles. The molecule has 0 spiro atoms. The van der Waals surface area contributed by atoms with Crippen LogP contribution in [0.15, 0.2) is 29.4 Å². The van der Waals surface area contributed by atoms with E-state index < -0.39 is 0 Å². The van der Waals surface area contributed by atoms with Gasteiger partial charge in [-0.1, -0.05) is 30.3 Å². The van der Waals surface area contributed by atoms with E-state index in [4.69, 9.17) is 11.6 Å². The molecule has 0 aliphatic carbocycles. The van der Waals surface area contributed by atoms with Crippen LogP contribution < -0.4 is 0 Å². The van der Waals surface area contributed by atoms with Crippen molar-refractivity contribution in [2.24, 2.45) is 0 Å². The predicted molar refractivity (Wildman–Crippen MR) is 110 cm³/mol. The Hall–Kier alpha value is -1.57. The van der Waals surface area contributed by atoms with E-state index in [0.29, 0.717) is 5.02 Å². The van der Waals surface area contributed by atoms with Gasteiger partial charge in [0, 0.05) is 43.3 Å². The highest BCUT2D eigenvalue weighted by molar-refractivity contribution is 8.00. The maximum absolute atomic E-state index is 12.8. The summed E-state index contributed by atoms with van der Waals surface area (Å²) < 4.78 is 2.05. The van der Waals surface area contributed by atoms with Gasteiger partial charge in [-0.05, 0) is 44.7 Å². The number of thioether (sulfide) groups is 1. The van der Waals surface area contributed by atoms with Gasteiger partial charge in [-0.15, -0.1) is 10.2 Å². The maximum atomic E-state index is 12.8. The number of benzene rings is 1. The third kappa shape index (κ3) is 4.65. The van der Waals surface area contributed by atoms with Crippen molar-refractivity contribution >= 4 is 29.3 Å². The first-order chi connectivity index (χ1) is 13.0. The molecule has 6 nitrogen and oxygen atoms in total. The van der Waals surface area contributed by atoms with Gasteiger partial charge in [-0.3, -0.25) is 4.79 Å². The smallest absolute Gasteiger partial charge is 0.235 e. The maximum Gasteiger partial charge on any atom is 0.235 e. The normalized spacial score (nSPS) is 16.5. The Labute approximate surface area is 169 Å². The summed E-state index contributed by atoms with van der Waals surface area (Å²) >= 11 is 7.46. The van der Waals surface area contributed by atoms with Crippen LogP contribution in [-0.2, 0) is 11.3 Å². The van der Waals surface area contributed by atoms with Crippen LogP contribution in [0, 0.1) is 0 Å². The average Bonchev–Trinajstić information content (AvgIpc) is 3.10. The second-order valence-corrected chi connectivity index (χ2v) is 8.32. The standard InChI is InChI=1S/C19H26ClN5OS/c1-4-23-10-12-24(13-11-23)18(26)14(3)27-19-22-21-17(25(19)5-2)15-6-8-16(20)9-7-15/h6-9,14H,4-5,10-13H2,1-3H3/t14-/m1/s1. The molecule has 1 amide bonds. The third-order valence-electron chi connectivity index (χ3n) is 4.90. The van der Waals surface area contributed by atoms with Crippen LogP contribution in [0.5, 0.6) is 0 Å². The summed E-state index contributed by atoms with van der Waals surface area (Å²) in [6, 6.07) is 7.57. The molecule has 146 valence electrons. The van der Waals surface area contributed by atoms with E-state index in [1.165, 1.54) is 11.8 Å². The second kappa shape index (κ2) is 9.08. The summed E-state index contributed by atoms with van der Waals surface area (Å²) in [4.78, 5) is 17.2. The van der Waals surface area contributed by atoms with Crippen molar-refractivity contribution in [2.75, 3.05) is 32.7 Å². The largest absolute Gasteiger partial charge is 0.339 e. The molecule has 2 heterocycles. The van der Waals surface area contributed by atoms with Crippen LogP contribution in [0.25, 0.3) is 11.4 Å². The zero-order valence-corrected chi connectivity index (χ0v) is 17.6. The molecule has 1 saturated heterocycles. The highest BCUT2D eigenvalue weighted by Crippen LogP contribution is 2.28. The minimum Gasteiger partial charge on any atom is -0.339 e. The summed E-state index contributed by atoms with van der Waals surface area (Å²) in [6.45, 7) is 11.5. The molecule has 3 rings (SSSR count). The first-order valence-electron chi connectivity index (χ1n) is 9.40. The molecule has 1 atom stereocenters. The van der Waals surface area contributed by atoms with Crippen LogP contribution >= 0.6 is 23.4 Å². The first-order valence-corrected chi connectivity index (χ1v) is 10.7. The number of nitrogens with zero attached hydrogens (tertiary/aromatic N) is 5.